The van der Waals surface area contributed by atoms with Gasteiger partial charge in [0, 0.05) is 19.6 Å². The van der Waals surface area contributed by atoms with Crippen molar-refractivity contribution in [1.29, 1.82) is 0 Å². The number of carbonyl (C=O) groups is 2. The van der Waals surface area contributed by atoms with Gasteiger partial charge in [0.05, 0.1) is 23.5 Å². The summed E-state index contributed by atoms with van der Waals surface area (Å²) in [5.74, 6) is 4.16. The Morgan fingerprint density at radius 3 is 2.38 bits per heavy atom. The number of hydrogen-bond donors (Lipinski definition) is 4. The van der Waals surface area contributed by atoms with E-state index in [1.807, 2.05) is 0 Å². The number of nitrogens with zero attached hydrogens (tertiary/aromatic N) is 2. The van der Waals surface area contributed by atoms with Crippen LogP contribution in [0.15, 0.2) is 29.2 Å². The van der Waals surface area contributed by atoms with Gasteiger partial charge >= 0.3 is 0 Å². The quantitative estimate of drug-likeness (QED) is 0.210. The number of piperazine rings is 1. The highest BCUT2D eigenvalue weighted by Crippen LogP contribution is 2.26. The van der Waals surface area contributed by atoms with E-state index in [2.05, 4.69) is 11.8 Å². The average Bonchev–Trinajstić information content (AvgIpc) is 2.82. The standard InChI is InChI=1S/C20H27N3O8S/c1-3-4-11-31-15-5-7-16(8-6-15)32(29,30)23-10-9-22(12-17(23)18(26)21-28)19(27)20(2,13-24)14-25/h5-8,17,24-25,28H,9-14H2,1-2H3,(H,21,26). The fraction of sp³-hybridized carbons (Fsp3) is 0.500. The molecule has 1 heterocycles. The molecule has 2 rings (SSSR count). The van der Waals surface area contributed by atoms with Crippen LogP contribution in [-0.2, 0) is 19.6 Å². The minimum atomic E-state index is -4.16. The smallest absolute Gasteiger partial charge is 0.263 e. The maximum atomic E-state index is 13.2. The molecule has 1 unspecified atom stereocenters. The lowest BCUT2D eigenvalue weighted by Crippen LogP contribution is -2.63. The lowest BCUT2D eigenvalue weighted by Gasteiger charge is -2.41. The van der Waals surface area contributed by atoms with Crippen molar-refractivity contribution in [2.24, 2.45) is 5.41 Å². The third-order valence-electron chi connectivity index (χ3n) is 5.16. The molecule has 1 aromatic carbocycles. The molecule has 32 heavy (non-hydrogen) atoms. The van der Waals surface area contributed by atoms with E-state index >= 15 is 0 Å². The van der Waals surface area contributed by atoms with E-state index in [1.165, 1.54) is 41.6 Å². The first-order valence-electron chi connectivity index (χ1n) is 9.74. The number of carbonyl (C=O) groups excluding carboxylic acids is 2. The normalized spacial score (nSPS) is 17.3. The zero-order valence-electron chi connectivity index (χ0n) is 17.8. The zero-order chi connectivity index (χ0) is 23.9. The Balaban J connectivity index is 2.28. The molecule has 0 bridgehead atoms. The van der Waals surface area contributed by atoms with Crippen LogP contribution in [0.3, 0.4) is 0 Å². The molecule has 1 aliphatic heterocycles. The van der Waals surface area contributed by atoms with Crippen molar-refractivity contribution < 1.29 is 38.2 Å². The number of rotatable bonds is 8. The van der Waals surface area contributed by atoms with Gasteiger partial charge in [-0.05, 0) is 38.1 Å². The van der Waals surface area contributed by atoms with Gasteiger partial charge in [-0.25, -0.2) is 13.9 Å². The average molecular weight is 470 g/mol. The Labute approximate surface area is 186 Å². The highest BCUT2D eigenvalue weighted by molar-refractivity contribution is 7.89. The zero-order valence-corrected chi connectivity index (χ0v) is 18.6. The van der Waals surface area contributed by atoms with Gasteiger partial charge in [-0.2, -0.15) is 4.31 Å². The van der Waals surface area contributed by atoms with Gasteiger partial charge in [0.1, 0.15) is 18.4 Å². The number of nitrogens with one attached hydrogen (secondary N) is 1. The predicted molar refractivity (Wildman–Crippen MR) is 112 cm³/mol. The third kappa shape index (κ3) is 5.37. The molecule has 12 heteroatoms. The van der Waals surface area contributed by atoms with Crippen LogP contribution in [0.1, 0.15) is 13.8 Å². The maximum absolute atomic E-state index is 13.2. The Hall–Kier alpha value is -2.69. The lowest BCUT2D eigenvalue weighted by atomic mass is 9.90. The highest BCUT2D eigenvalue weighted by atomic mass is 32.2. The SMILES string of the molecule is CC#CCOc1ccc(S(=O)(=O)N2CCN(C(=O)C(C)(CO)CO)CC2C(=O)NO)cc1. The summed E-state index contributed by atoms with van der Waals surface area (Å²) in [5, 5.41) is 28.1. The summed E-state index contributed by atoms with van der Waals surface area (Å²) < 4.78 is 32.7. The molecule has 4 N–H and O–H groups in total. The van der Waals surface area contributed by atoms with Gasteiger partial charge in [-0.1, -0.05) is 5.92 Å². The number of sulfonamides is 1. The molecule has 1 aliphatic rings. The molecule has 176 valence electrons. The lowest BCUT2D eigenvalue weighted by molar-refractivity contribution is -0.150. The Bertz CT molecular complexity index is 980. The molecule has 11 nitrogen and oxygen atoms in total. The number of aliphatic hydroxyl groups excluding tert-OH is 2. The van der Waals surface area contributed by atoms with Gasteiger partial charge in [0.2, 0.25) is 15.9 Å². The van der Waals surface area contributed by atoms with Gasteiger partial charge < -0.3 is 19.8 Å². The molecule has 0 aromatic heterocycles. The summed E-state index contributed by atoms with van der Waals surface area (Å²) in [7, 11) is -4.16. The monoisotopic (exact) mass is 469 g/mol. The van der Waals surface area contributed by atoms with Crippen LogP contribution in [0.4, 0.5) is 0 Å². The summed E-state index contributed by atoms with van der Waals surface area (Å²) in [6.07, 6.45) is 0. The Morgan fingerprint density at radius 2 is 1.84 bits per heavy atom. The largest absolute Gasteiger partial charge is 0.481 e. The number of ether oxygens (including phenoxy) is 1. The van der Waals surface area contributed by atoms with E-state index < -0.39 is 46.5 Å². The van der Waals surface area contributed by atoms with E-state index in [4.69, 9.17) is 9.94 Å². The van der Waals surface area contributed by atoms with Gasteiger partial charge in [0.15, 0.2) is 0 Å². The minimum absolute atomic E-state index is 0.0697. The number of amides is 2. The molecule has 1 saturated heterocycles. The van der Waals surface area contributed by atoms with E-state index in [0.717, 1.165) is 4.31 Å². The number of benzene rings is 1. The molecular weight excluding hydrogens is 442 g/mol. The van der Waals surface area contributed by atoms with Crippen LogP contribution in [0.5, 0.6) is 5.75 Å². The highest BCUT2D eigenvalue weighted by Gasteiger charge is 2.44. The summed E-state index contributed by atoms with van der Waals surface area (Å²) in [6, 6.07) is 4.15. The minimum Gasteiger partial charge on any atom is -0.481 e. The van der Waals surface area contributed by atoms with Crippen molar-refractivity contribution in [2.75, 3.05) is 39.5 Å². The molecule has 0 saturated carbocycles. The van der Waals surface area contributed by atoms with Crippen LogP contribution < -0.4 is 10.2 Å². The Kier molecular flexibility index (Phi) is 8.59. The predicted octanol–water partition coefficient (Wildman–Crippen LogP) is -1.21. The second-order valence-corrected chi connectivity index (χ2v) is 9.31. The number of hydroxylamine groups is 1. The van der Waals surface area contributed by atoms with E-state index in [9.17, 15) is 28.2 Å². The van der Waals surface area contributed by atoms with E-state index in [1.54, 1.807) is 6.92 Å². The fourth-order valence-corrected chi connectivity index (χ4v) is 4.70. The van der Waals surface area contributed by atoms with Crippen molar-refractivity contribution in [2.45, 2.75) is 24.8 Å². The van der Waals surface area contributed by atoms with E-state index in [-0.39, 0.29) is 31.1 Å². The summed E-state index contributed by atoms with van der Waals surface area (Å²) in [5.41, 5.74) is -0.0493. The molecule has 2 amide bonds. The number of hydrogen-bond acceptors (Lipinski definition) is 8. The van der Waals surface area contributed by atoms with Gasteiger partial charge in [-0.15, -0.1) is 5.92 Å². The van der Waals surface area contributed by atoms with Crippen LogP contribution in [-0.4, -0.2) is 90.4 Å². The van der Waals surface area contributed by atoms with Crippen molar-refractivity contribution in [1.82, 2.24) is 14.7 Å². The van der Waals surface area contributed by atoms with Crippen molar-refractivity contribution >= 4 is 21.8 Å². The summed E-state index contributed by atoms with van der Waals surface area (Å²) in [6.45, 7) is 1.25. The third-order valence-corrected chi connectivity index (χ3v) is 7.09. The molecule has 0 aliphatic carbocycles. The topological polar surface area (TPSA) is 157 Å². The summed E-state index contributed by atoms with van der Waals surface area (Å²) in [4.78, 5) is 26.1. The van der Waals surface area contributed by atoms with Gasteiger partial charge in [0.25, 0.3) is 5.91 Å². The van der Waals surface area contributed by atoms with Gasteiger partial charge in [-0.3, -0.25) is 14.8 Å². The van der Waals surface area contributed by atoms with Crippen molar-refractivity contribution in [3.05, 3.63) is 24.3 Å². The fourth-order valence-electron chi connectivity index (χ4n) is 3.13. The molecule has 1 fully saturated rings. The first kappa shape index (κ1) is 25.6. The first-order valence-corrected chi connectivity index (χ1v) is 11.2. The molecule has 0 radical (unpaired) electrons. The Morgan fingerprint density at radius 1 is 1.22 bits per heavy atom. The van der Waals surface area contributed by atoms with Crippen LogP contribution in [0.2, 0.25) is 0 Å². The van der Waals surface area contributed by atoms with Crippen molar-refractivity contribution in [3.8, 4) is 17.6 Å². The molecule has 1 atom stereocenters. The molecule has 0 spiro atoms. The van der Waals surface area contributed by atoms with Crippen molar-refractivity contribution in [3.63, 3.8) is 0 Å². The molecule has 1 aromatic rings. The van der Waals surface area contributed by atoms with Crippen LogP contribution in [0, 0.1) is 17.3 Å². The van der Waals surface area contributed by atoms with E-state index in [0.29, 0.717) is 5.75 Å². The van der Waals surface area contributed by atoms with Crippen LogP contribution >= 0.6 is 0 Å². The number of aliphatic hydroxyl groups is 2. The first-order chi connectivity index (χ1) is 15.1. The summed E-state index contributed by atoms with van der Waals surface area (Å²) >= 11 is 0. The second kappa shape index (κ2) is 10.8. The second-order valence-electron chi connectivity index (χ2n) is 7.42. The molecular formula is C20H27N3O8S. The maximum Gasteiger partial charge on any atom is 0.263 e. The van der Waals surface area contributed by atoms with Crippen LogP contribution in [0.25, 0.3) is 0 Å².